The van der Waals surface area contributed by atoms with Crippen LogP contribution >= 0.6 is 11.6 Å². The lowest BCUT2D eigenvalue weighted by molar-refractivity contribution is 0.0761. The van der Waals surface area contributed by atoms with Gasteiger partial charge in [0.05, 0.1) is 0 Å². The molecule has 126 valence electrons. The standard InChI is InChI=1S/C18H21ClN4O/c19-16-5-3-15(4-6-16)18(24)23-9-1-8-22(10-11-23)13-14-2-7-17(20)21-12-14/h2-7,12H,1,8-11,13H2,(H2,20,21). The Bertz CT molecular complexity index is 687. The van der Waals surface area contributed by atoms with Crippen LogP contribution in [0.4, 0.5) is 5.82 Å². The molecule has 0 saturated carbocycles. The summed E-state index contributed by atoms with van der Waals surface area (Å²) >= 11 is 5.89. The van der Waals surface area contributed by atoms with Crippen molar-refractivity contribution in [1.29, 1.82) is 0 Å². The molecule has 1 aliphatic rings. The van der Waals surface area contributed by atoms with Crippen LogP contribution in [-0.4, -0.2) is 46.9 Å². The zero-order chi connectivity index (χ0) is 16.9. The highest BCUT2D eigenvalue weighted by molar-refractivity contribution is 6.30. The molecule has 24 heavy (non-hydrogen) atoms. The molecule has 0 radical (unpaired) electrons. The maximum absolute atomic E-state index is 12.6. The molecule has 2 heterocycles. The summed E-state index contributed by atoms with van der Waals surface area (Å²) in [5, 5.41) is 0.644. The fraction of sp³-hybridized carbons (Fsp3) is 0.333. The largest absolute Gasteiger partial charge is 0.384 e. The minimum Gasteiger partial charge on any atom is -0.384 e. The molecule has 1 aromatic carbocycles. The fourth-order valence-electron chi connectivity index (χ4n) is 2.89. The number of hydrogen-bond acceptors (Lipinski definition) is 4. The van der Waals surface area contributed by atoms with Gasteiger partial charge in [-0.2, -0.15) is 0 Å². The van der Waals surface area contributed by atoms with Gasteiger partial charge >= 0.3 is 0 Å². The molecule has 1 aliphatic heterocycles. The number of pyridine rings is 1. The fourth-order valence-corrected chi connectivity index (χ4v) is 3.02. The highest BCUT2D eigenvalue weighted by Gasteiger charge is 2.20. The number of nitrogens with zero attached hydrogens (tertiary/aromatic N) is 3. The zero-order valence-corrected chi connectivity index (χ0v) is 14.2. The van der Waals surface area contributed by atoms with Crippen LogP contribution in [0, 0.1) is 0 Å². The van der Waals surface area contributed by atoms with Gasteiger partial charge in [-0.05, 0) is 42.3 Å². The number of carbonyl (C=O) groups excluding carboxylic acids is 1. The molecule has 0 spiro atoms. The summed E-state index contributed by atoms with van der Waals surface area (Å²) in [6.45, 7) is 4.15. The molecular weight excluding hydrogens is 324 g/mol. The quantitative estimate of drug-likeness (QED) is 0.929. The Labute approximate surface area is 147 Å². The molecule has 5 nitrogen and oxygen atoms in total. The van der Waals surface area contributed by atoms with E-state index in [9.17, 15) is 4.79 Å². The number of nitrogens with two attached hydrogens (primary N) is 1. The van der Waals surface area contributed by atoms with Crippen LogP contribution in [0.5, 0.6) is 0 Å². The normalized spacial score (nSPS) is 16.0. The summed E-state index contributed by atoms with van der Waals surface area (Å²) in [5.41, 5.74) is 7.45. The van der Waals surface area contributed by atoms with Crippen LogP contribution in [0.1, 0.15) is 22.3 Å². The minimum absolute atomic E-state index is 0.0719. The van der Waals surface area contributed by atoms with E-state index in [1.807, 2.05) is 23.2 Å². The van der Waals surface area contributed by atoms with Gasteiger partial charge in [0.2, 0.25) is 0 Å². The molecule has 0 atom stereocenters. The summed E-state index contributed by atoms with van der Waals surface area (Å²) in [6.07, 6.45) is 2.78. The minimum atomic E-state index is 0.0719. The number of hydrogen-bond donors (Lipinski definition) is 1. The summed E-state index contributed by atoms with van der Waals surface area (Å²) in [5.74, 6) is 0.608. The van der Waals surface area contributed by atoms with Crippen molar-refractivity contribution in [2.24, 2.45) is 0 Å². The average molecular weight is 345 g/mol. The van der Waals surface area contributed by atoms with Gasteiger partial charge in [-0.15, -0.1) is 0 Å². The van der Waals surface area contributed by atoms with Crippen LogP contribution < -0.4 is 5.73 Å². The Hall–Kier alpha value is -2.11. The first kappa shape index (κ1) is 16.7. The SMILES string of the molecule is Nc1ccc(CN2CCCN(C(=O)c3ccc(Cl)cc3)CC2)cn1. The molecule has 1 fully saturated rings. The lowest BCUT2D eigenvalue weighted by Gasteiger charge is -2.22. The molecule has 6 heteroatoms. The first-order valence-corrected chi connectivity index (χ1v) is 8.47. The van der Waals surface area contributed by atoms with Gasteiger partial charge in [-0.3, -0.25) is 9.69 Å². The van der Waals surface area contributed by atoms with E-state index in [4.69, 9.17) is 17.3 Å². The van der Waals surface area contributed by atoms with Crippen molar-refractivity contribution in [3.8, 4) is 0 Å². The highest BCUT2D eigenvalue weighted by Crippen LogP contribution is 2.14. The van der Waals surface area contributed by atoms with E-state index in [-0.39, 0.29) is 5.91 Å². The average Bonchev–Trinajstić information content (AvgIpc) is 2.83. The topological polar surface area (TPSA) is 62.5 Å². The summed E-state index contributed by atoms with van der Waals surface area (Å²) in [4.78, 5) is 21.0. The number of rotatable bonds is 3. The van der Waals surface area contributed by atoms with Crippen molar-refractivity contribution in [1.82, 2.24) is 14.8 Å². The van der Waals surface area contributed by atoms with Crippen molar-refractivity contribution < 1.29 is 4.79 Å². The van der Waals surface area contributed by atoms with Gasteiger partial charge in [0, 0.05) is 49.5 Å². The predicted octanol–water partition coefficient (Wildman–Crippen LogP) is 2.67. The molecule has 0 unspecified atom stereocenters. The number of anilines is 1. The van der Waals surface area contributed by atoms with Gasteiger partial charge in [-0.25, -0.2) is 4.98 Å². The number of amides is 1. The zero-order valence-electron chi connectivity index (χ0n) is 13.5. The van der Waals surface area contributed by atoms with Crippen LogP contribution in [-0.2, 0) is 6.54 Å². The van der Waals surface area contributed by atoms with Crippen LogP contribution in [0.25, 0.3) is 0 Å². The van der Waals surface area contributed by atoms with Gasteiger partial charge < -0.3 is 10.6 Å². The molecule has 1 amide bonds. The smallest absolute Gasteiger partial charge is 0.253 e. The highest BCUT2D eigenvalue weighted by atomic mass is 35.5. The van der Waals surface area contributed by atoms with Crippen LogP contribution in [0.15, 0.2) is 42.6 Å². The predicted molar refractivity (Wildman–Crippen MR) is 95.9 cm³/mol. The third kappa shape index (κ3) is 4.24. The maximum atomic E-state index is 12.6. The van der Waals surface area contributed by atoms with Gasteiger partial charge in [0.25, 0.3) is 5.91 Å². The summed E-state index contributed by atoms with van der Waals surface area (Å²) in [6, 6.07) is 10.9. The van der Waals surface area contributed by atoms with E-state index < -0.39 is 0 Å². The van der Waals surface area contributed by atoms with Crippen LogP contribution in [0.2, 0.25) is 5.02 Å². The summed E-state index contributed by atoms with van der Waals surface area (Å²) in [7, 11) is 0. The second-order valence-corrected chi connectivity index (χ2v) is 6.46. The molecule has 0 bridgehead atoms. The van der Waals surface area contributed by atoms with E-state index in [0.717, 1.165) is 44.7 Å². The Balaban J connectivity index is 1.59. The Morgan fingerprint density at radius 1 is 1.08 bits per heavy atom. The number of halogens is 1. The monoisotopic (exact) mass is 344 g/mol. The van der Waals surface area contributed by atoms with E-state index in [1.54, 1.807) is 24.3 Å². The van der Waals surface area contributed by atoms with Gasteiger partial charge in [0.1, 0.15) is 5.82 Å². The number of benzene rings is 1. The van der Waals surface area contributed by atoms with Crippen molar-refractivity contribution in [2.45, 2.75) is 13.0 Å². The van der Waals surface area contributed by atoms with E-state index in [1.165, 1.54) is 0 Å². The molecule has 3 rings (SSSR count). The van der Waals surface area contributed by atoms with E-state index >= 15 is 0 Å². The third-order valence-electron chi connectivity index (χ3n) is 4.22. The summed E-state index contributed by atoms with van der Waals surface area (Å²) < 4.78 is 0. The lowest BCUT2D eigenvalue weighted by Crippen LogP contribution is -2.35. The van der Waals surface area contributed by atoms with Gasteiger partial charge in [0.15, 0.2) is 0 Å². The Morgan fingerprint density at radius 3 is 2.58 bits per heavy atom. The number of nitrogen functional groups attached to an aromatic ring is 1. The van der Waals surface area contributed by atoms with E-state index in [0.29, 0.717) is 16.4 Å². The Morgan fingerprint density at radius 2 is 1.88 bits per heavy atom. The molecule has 1 saturated heterocycles. The Kier molecular flexibility index (Phi) is 5.33. The molecular formula is C18H21ClN4O. The van der Waals surface area contributed by atoms with Crippen molar-refractivity contribution >= 4 is 23.3 Å². The molecule has 1 aromatic heterocycles. The van der Waals surface area contributed by atoms with Crippen molar-refractivity contribution in [3.05, 3.63) is 58.7 Å². The van der Waals surface area contributed by atoms with Gasteiger partial charge in [-0.1, -0.05) is 17.7 Å². The van der Waals surface area contributed by atoms with Crippen LogP contribution in [0.3, 0.4) is 0 Å². The van der Waals surface area contributed by atoms with E-state index in [2.05, 4.69) is 9.88 Å². The molecule has 0 aliphatic carbocycles. The molecule has 2 N–H and O–H groups in total. The maximum Gasteiger partial charge on any atom is 0.253 e. The van der Waals surface area contributed by atoms with Crippen molar-refractivity contribution in [3.63, 3.8) is 0 Å². The number of carbonyl (C=O) groups is 1. The third-order valence-corrected chi connectivity index (χ3v) is 4.47. The van der Waals surface area contributed by atoms with Crippen molar-refractivity contribution in [2.75, 3.05) is 31.9 Å². The first-order valence-electron chi connectivity index (χ1n) is 8.09. The second-order valence-electron chi connectivity index (χ2n) is 6.02. The second kappa shape index (κ2) is 7.64. The number of aromatic nitrogens is 1. The first-order chi connectivity index (χ1) is 11.6. The molecule has 2 aromatic rings. The lowest BCUT2D eigenvalue weighted by atomic mass is 10.2.